The standard InChI is InChI=1S/C19H23N9O/c1-13-17(14(2)22-19(21-13)27-9-7-26(3)8-10-27)23-18(29)15-5-4-6-16(11-15)28-12-20-24-25-28/h4-6,11-12H,7-10H2,1-3H3,(H,23,29). The topological polar surface area (TPSA) is 105 Å². The second kappa shape index (κ2) is 7.92. The van der Waals surface area contributed by atoms with Crippen LogP contribution in [-0.4, -0.2) is 74.2 Å². The molecule has 4 rings (SSSR count). The molecule has 10 heteroatoms. The Morgan fingerprint density at radius 3 is 2.45 bits per heavy atom. The third kappa shape index (κ3) is 4.06. The number of amides is 1. The average molecular weight is 393 g/mol. The first kappa shape index (κ1) is 18.9. The molecular formula is C19H23N9O. The summed E-state index contributed by atoms with van der Waals surface area (Å²) in [5, 5.41) is 14.1. The number of aryl methyl sites for hydroxylation is 2. The Morgan fingerprint density at radius 1 is 1.07 bits per heavy atom. The van der Waals surface area contributed by atoms with Crippen LogP contribution in [0.2, 0.25) is 0 Å². The molecule has 0 saturated carbocycles. The molecular weight excluding hydrogens is 370 g/mol. The second-order valence-electron chi connectivity index (χ2n) is 7.12. The molecule has 1 saturated heterocycles. The van der Waals surface area contributed by atoms with Crippen LogP contribution < -0.4 is 10.2 Å². The summed E-state index contributed by atoms with van der Waals surface area (Å²) in [5.41, 5.74) is 3.34. The number of hydrogen-bond acceptors (Lipinski definition) is 8. The number of carbonyl (C=O) groups excluding carboxylic acids is 1. The molecule has 0 unspecified atom stereocenters. The Kier molecular flexibility index (Phi) is 5.17. The summed E-state index contributed by atoms with van der Waals surface area (Å²) in [6.07, 6.45) is 1.48. The number of aromatic nitrogens is 6. The van der Waals surface area contributed by atoms with Gasteiger partial charge in [0.2, 0.25) is 5.95 Å². The number of carbonyl (C=O) groups is 1. The molecule has 0 aliphatic carbocycles. The first-order chi connectivity index (χ1) is 14.0. The molecule has 1 aromatic carbocycles. The van der Waals surface area contributed by atoms with Crippen LogP contribution in [0, 0.1) is 13.8 Å². The lowest BCUT2D eigenvalue weighted by molar-refractivity contribution is 0.102. The van der Waals surface area contributed by atoms with Crippen molar-refractivity contribution in [3.8, 4) is 5.69 Å². The molecule has 0 bridgehead atoms. The van der Waals surface area contributed by atoms with Crippen LogP contribution in [-0.2, 0) is 0 Å². The van der Waals surface area contributed by atoms with E-state index in [1.807, 2.05) is 19.9 Å². The number of hydrogen-bond donors (Lipinski definition) is 1. The molecule has 0 spiro atoms. The van der Waals surface area contributed by atoms with Gasteiger partial charge in [-0.1, -0.05) is 6.07 Å². The van der Waals surface area contributed by atoms with Crippen LogP contribution in [0.25, 0.3) is 5.69 Å². The van der Waals surface area contributed by atoms with Crippen LogP contribution in [0.5, 0.6) is 0 Å². The van der Waals surface area contributed by atoms with Crippen molar-refractivity contribution in [3.05, 3.63) is 47.5 Å². The highest BCUT2D eigenvalue weighted by Gasteiger charge is 2.19. The van der Waals surface area contributed by atoms with Gasteiger partial charge >= 0.3 is 0 Å². The van der Waals surface area contributed by atoms with E-state index in [0.29, 0.717) is 22.9 Å². The number of tetrazole rings is 1. The number of nitrogens with zero attached hydrogens (tertiary/aromatic N) is 8. The molecule has 3 heterocycles. The minimum absolute atomic E-state index is 0.234. The fraction of sp³-hybridized carbons (Fsp3) is 0.368. The van der Waals surface area contributed by atoms with Gasteiger partial charge in [-0.25, -0.2) is 14.6 Å². The van der Waals surface area contributed by atoms with E-state index in [9.17, 15) is 4.79 Å². The first-order valence-electron chi connectivity index (χ1n) is 9.45. The molecule has 1 fully saturated rings. The van der Waals surface area contributed by atoms with Gasteiger partial charge in [0.1, 0.15) is 6.33 Å². The molecule has 1 aliphatic heterocycles. The van der Waals surface area contributed by atoms with Gasteiger partial charge in [0.25, 0.3) is 5.91 Å². The fourth-order valence-electron chi connectivity index (χ4n) is 3.28. The molecule has 0 radical (unpaired) electrons. The lowest BCUT2D eigenvalue weighted by Crippen LogP contribution is -2.45. The maximum Gasteiger partial charge on any atom is 0.255 e. The number of nitrogens with one attached hydrogen (secondary N) is 1. The predicted molar refractivity (Wildman–Crippen MR) is 108 cm³/mol. The number of anilines is 2. The minimum Gasteiger partial charge on any atom is -0.338 e. The third-order valence-corrected chi connectivity index (χ3v) is 5.01. The van der Waals surface area contributed by atoms with E-state index >= 15 is 0 Å². The van der Waals surface area contributed by atoms with Crippen molar-refractivity contribution in [3.63, 3.8) is 0 Å². The highest BCUT2D eigenvalue weighted by atomic mass is 16.1. The first-order valence-corrected chi connectivity index (χ1v) is 9.45. The lowest BCUT2D eigenvalue weighted by Gasteiger charge is -2.32. The van der Waals surface area contributed by atoms with E-state index < -0.39 is 0 Å². The van der Waals surface area contributed by atoms with Gasteiger partial charge in [-0.15, -0.1) is 5.10 Å². The summed E-state index contributed by atoms with van der Waals surface area (Å²) in [6.45, 7) is 7.54. The van der Waals surface area contributed by atoms with E-state index in [4.69, 9.17) is 0 Å². The smallest absolute Gasteiger partial charge is 0.255 e. The molecule has 1 aliphatic rings. The molecule has 3 aromatic rings. The Morgan fingerprint density at radius 2 is 1.79 bits per heavy atom. The fourth-order valence-corrected chi connectivity index (χ4v) is 3.28. The van der Waals surface area contributed by atoms with Crippen LogP contribution in [0.4, 0.5) is 11.6 Å². The second-order valence-corrected chi connectivity index (χ2v) is 7.12. The van der Waals surface area contributed by atoms with Gasteiger partial charge in [0, 0.05) is 31.7 Å². The molecule has 1 N–H and O–H groups in total. The molecule has 2 aromatic heterocycles. The Labute approximate surface area is 168 Å². The number of piperazine rings is 1. The lowest BCUT2D eigenvalue weighted by atomic mass is 10.1. The Hall–Kier alpha value is -3.40. The quantitative estimate of drug-likeness (QED) is 0.702. The predicted octanol–water partition coefficient (Wildman–Crippen LogP) is 1.07. The maximum absolute atomic E-state index is 12.8. The summed E-state index contributed by atoms with van der Waals surface area (Å²) in [7, 11) is 2.11. The van der Waals surface area contributed by atoms with E-state index in [2.05, 4.69) is 47.7 Å². The van der Waals surface area contributed by atoms with Crippen molar-refractivity contribution in [1.29, 1.82) is 0 Å². The van der Waals surface area contributed by atoms with Crippen LogP contribution in [0.15, 0.2) is 30.6 Å². The minimum atomic E-state index is -0.234. The number of likely N-dealkylation sites (N-methyl/N-ethyl adjacent to an activating group) is 1. The van der Waals surface area contributed by atoms with Crippen molar-refractivity contribution >= 4 is 17.5 Å². The van der Waals surface area contributed by atoms with Crippen LogP contribution in [0.1, 0.15) is 21.7 Å². The van der Waals surface area contributed by atoms with Crippen molar-refractivity contribution in [1.82, 2.24) is 35.1 Å². The van der Waals surface area contributed by atoms with E-state index in [1.165, 1.54) is 11.0 Å². The van der Waals surface area contributed by atoms with Gasteiger partial charge in [0.05, 0.1) is 22.8 Å². The van der Waals surface area contributed by atoms with Gasteiger partial charge in [-0.2, -0.15) is 0 Å². The monoisotopic (exact) mass is 393 g/mol. The SMILES string of the molecule is Cc1nc(N2CCN(C)CC2)nc(C)c1NC(=O)c1cccc(-n2cnnn2)c1. The molecule has 10 nitrogen and oxygen atoms in total. The van der Waals surface area contributed by atoms with Gasteiger partial charge in [-0.3, -0.25) is 4.79 Å². The van der Waals surface area contributed by atoms with Gasteiger partial charge in [0.15, 0.2) is 0 Å². The van der Waals surface area contributed by atoms with Crippen LogP contribution in [0.3, 0.4) is 0 Å². The highest BCUT2D eigenvalue weighted by molar-refractivity contribution is 6.05. The zero-order valence-electron chi connectivity index (χ0n) is 16.7. The van der Waals surface area contributed by atoms with Crippen molar-refractivity contribution < 1.29 is 4.79 Å². The Bertz CT molecular complexity index is 987. The third-order valence-electron chi connectivity index (χ3n) is 5.01. The van der Waals surface area contributed by atoms with Crippen molar-refractivity contribution in [2.24, 2.45) is 0 Å². The van der Waals surface area contributed by atoms with E-state index in [1.54, 1.807) is 18.2 Å². The highest BCUT2D eigenvalue weighted by Crippen LogP contribution is 2.22. The summed E-state index contributed by atoms with van der Waals surface area (Å²) < 4.78 is 1.50. The Balaban J connectivity index is 1.53. The molecule has 1 amide bonds. The van der Waals surface area contributed by atoms with Crippen LogP contribution >= 0.6 is 0 Å². The maximum atomic E-state index is 12.8. The normalized spacial score (nSPS) is 14.8. The average Bonchev–Trinajstić information content (AvgIpc) is 3.26. The zero-order valence-corrected chi connectivity index (χ0v) is 16.7. The number of benzene rings is 1. The summed E-state index contributed by atoms with van der Waals surface area (Å²) >= 11 is 0. The van der Waals surface area contributed by atoms with Gasteiger partial charge in [-0.05, 0) is 49.5 Å². The summed E-state index contributed by atoms with van der Waals surface area (Å²) in [6, 6.07) is 7.10. The largest absolute Gasteiger partial charge is 0.338 e. The summed E-state index contributed by atoms with van der Waals surface area (Å²) in [5.74, 6) is 0.480. The molecule has 150 valence electrons. The zero-order chi connectivity index (χ0) is 20.4. The molecule has 0 atom stereocenters. The van der Waals surface area contributed by atoms with Gasteiger partial charge < -0.3 is 15.1 Å². The van der Waals surface area contributed by atoms with Crippen molar-refractivity contribution in [2.75, 3.05) is 43.4 Å². The number of rotatable bonds is 4. The van der Waals surface area contributed by atoms with E-state index in [-0.39, 0.29) is 5.91 Å². The van der Waals surface area contributed by atoms with E-state index in [0.717, 1.165) is 37.6 Å². The molecule has 29 heavy (non-hydrogen) atoms. The summed E-state index contributed by atoms with van der Waals surface area (Å²) in [4.78, 5) is 26.6. The van der Waals surface area contributed by atoms with Crippen molar-refractivity contribution in [2.45, 2.75) is 13.8 Å².